The van der Waals surface area contributed by atoms with Gasteiger partial charge in [-0.1, -0.05) is 12.2 Å². The lowest BCUT2D eigenvalue weighted by atomic mass is 10.1. The SMILES string of the molecule is Cc1cc(NC(=O)C2C=CC(N)C2)ncc1Br. The fourth-order valence-electron chi connectivity index (χ4n) is 1.75. The summed E-state index contributed by atoms with van der Waals surface area (Å²) >= 11 is 3.37. The van der Waals surface area contributed by atoms with Crippen molar-refractivity contribution in [2.45, 2.75) is 19.4 Å². The number of amides is 1. The van der Waals surface area contributed by atoms with Crippen molar-refractivity contribution in [1.82, 2.24) is 4.98 Å². The fourth-order valence-corrected chi connectivity index (χ4v) is 1.97. The number of halogens is 1. The number of nitrogens with one attached hydrogen (secondary N) is 1. The molecule has 90 valence electrons. The Hall–Kier alpha value is -1.20. The normalized spacial score (nSPS) is 22.8. The molecule has 1 aromatic rings. The van der Waals surface area contributed by atoms with Gasteiger partial charge in [0.2, 0.25) is 5.91 Å². The van der Waals surface area contributed by atoms with E-state index >= 15 is 0 Å². The molecule has 1 amide bonds. The van der Waals surface area contributed by atoms with Gasteiger partial charge in [0.1, 0.15) is 5.82 Å². The molecule has 0 aliphatic heterocycles. The number of nitrogens with two attached hydrogens (primary N) is 1. The van der Waals surface area contributed by atoms with Gasteiger partial charge in [0.25, 0.3) is 0 Å². The lowest BCUT2D eigenvalue weighted by Crippen LogP contribution is -2.24. The lowest BCUT2D eigenvalue weighted by molar-refractivity contribution is -0.118. The van der Waals surface area contributed by atoms with E-state index in [0.29, 0.717) is 12.2 Å². The molecule has 1 heterocycles. The molecule has 17 heavy (non-hydrogen) atoms. The summed E-state index contributed by atoms with van der Waals surface area (Å²) in [7, 11) is 0. The van der Waals surface area contributed by atoms with E-state index in [-0.39, 0.29) is 17.9 Å². The molecule has 2 rings (SSSR count). The zero-order valence-electron chi connectivity index (χ0n) is 9.48. The number of carbonyl (C=O) groups excluding carboxylic acids is 1. The van der Waals surface area contributed by atoms with Gasteiger partial charge in [0.05, 0.1) is 5.92 Å². The molecule has 0 saturated heterocycles. The van der Waals surface area contributed by atoms with Crippen LogP contribution < -0.4 is 11.1 Å². The maximum Gasteiger partial charge on any atom is 0.232 e. The van der Waals surface area contributed by atoms with Crippen LogP contribution in [0.15, 0.2) is 28.9 Å². The smallest absolute Gasteiger partial charge is 0.232 e. The van der Waals surface area contributed by atoms with Crippen LogP contribution in [0.2, 0.25) is 0 Å². The quantitative estimate of drug-likeness (QED) is 0.820. The summed E-state index contributed by atoms with van der Waals surface area (Å²) in [5.41, 5.74) is 6.75. The van der Waals surface area contributed by atoms with E-state index in [1.807, 2.05) is 25.1 Å². The highest BCUT2D eigenvalue weighted by atomic mass is 79.9. The van der Waals surface area contributed by atoms with E-state index < -0.39 is 0 Å². The molecule has 5 heteroatoms. The van der Waals surface area contributed by atoms with Gasteiger partial charge in [0.15, 0.2) is 0 Å². The zero-order chi connectivity index (χ0) is 12.4. The first-order chi connectivity index (χ1) is 8.06. The second-order valence-electron chi connectivity index (χ2n) is 4.20. The number of aromatic nitrogens is 1. The van der Waals surface area contributed by atoms with Crippen molar-refractivity contribution < 1.29 is 4.79 Å². The van der Waals surface area contributed by atoms with Gasteiger partial charge < -0.3 is 11.1 Å². The number of anilines is 1. The predicted octanol–water partition coefficient (Wildman–Crippen LogP) is 1.99. The van der Waals surface area contributed by atoms with Crippen molar-refractivity contribution >= 4 is 27.7 Å². The number of aryl methyl sites for hydroxylation is 1. The molecule has 0 saturated carbocycles. The molecule has 4 nitrogen and oxygen atoms in total. The summed E-state index contributed by atoms with van der Waals surface area (Å²) in [6.45, 7) is 1.95. The molecule has 3 N–H and O–H groups in total. The van der Waals surface area contributed by atoms with Crippen molar-refractivity contribution in [2.24, 2.45) is 11.7 Å². The molecule has 0 radical (unpaired) electrons. The molecule has 2 unspecified atom stereocenters. The average molecular weight is 296 g/mol. The summed E-state index contributed by atoms with van der Waals surface area (Å²) in [6, 6.07) is 1.82. The molecule has 0 spiro atoms. The summed E-state index contributed by atoms with van der Waals surface area (Å²) in [4.78, 5) is 16.0. The van der Waals surface area contributed by atoms with Crippen molar-refractivity contribution in [3.05, 3.63) is 34.5 Å². The van der Waals surface area contributed by atoms with Crippen LogP contribution in [0.25, 0.3) is 0 Å². The average Bonchev–Trinajstić information content (AvgIpc) is 2.70. The van der Waals surface area contributed by atoms with E-state index in [1.54, 1.807) is 6.20 Å². The molecular weight excluding hydrogens is 282 g/mol. The molecular formula is C12H14BrN3O. The molecule has 0 fully saturated rings. The third-order valence-corrected chi connectivity index (χ3v) is 3.58. The third kappa shape index (κ3) is 2.92. The first-order valence-electron chi connectivity index (χ1n) is 5.43. The third-order valence-electron chi connectivity index (χ3n) is 2.75. The zero-order valence-corrected chi connectivity index (χ0v) is 11.1. The number of carbonyl (C=O) groups is 1. The number of hydrogen-bond acceptors (Lipinski definition) is 3. The van der Waals surface area contributed by atoms with Crippen molar-refractivity contribution in [3.63, 3.8) is 0 Å². The van der Waals surface area contributed by atoms with Crippen LogP contribution in [0.4, 0.5) is 5.82 Å². The summed E-state index contributed by atoms with van der Waals surface area (Å²) in [5, 5.41) is 2.79. The van der Waals surface area contributed by atoms with Gasteiger partial charge in [0, 0.05) is 16.7 Å². The molecule has 2 atom stereocenters. The number of hydrogen-bond donors (Lipinski definition) is 2. The molecule has 1 aliphatic carbocycles. The highest BCUT2D eigenvalue weighted by molar-refractivity contribution is 9.10. The van der Waals surface area contributed by atoms with E-state index in [4.69, 9.17) is 5.73 Å². The number of pyridine rings is 1. The van der Waals surface area contributed by atoms with Crippen LogP contribution in [-0.2, 0) is 4.79 Å². The standard InChI is InChI=1S/C12H14BrN3O/c1-7-4-11(15-6-10(7)13)16-12(17)8-2-3-9(14)5-8/h2-4,6,8-9H,5,14H2,1H3,(H,15,16,17). The van der Waals surface area contributed by atoms with Gasteiger partial charge in [-0.2, -0.15) is 0 Å². The monoisotopic (exact) mass is 295 g/mol. The number of rotatable bonds is 2. The lowest BCUT2D eigenvalue weighted by Gasteiger charge is -2.10. The van der Waals surface area contributed by atoms with Gasteiger partial charge in [-0.05, 0) is 40.9 Å². The summed E-state index contributed by atoms with van der Waals surface area (Å²) < 4.78 is 0.929. The first-order valence-corrected chi connectivity index (χ1v) is 6.22. The van der Waals surface area contributed by atoms with Crippen LogP contribution >= 0.6 is 15.9 Å². The second kappa shape index (κ2) is 4.98. The summed E-state index contributed by atoms with van der Waals surface area (Å²) in [6.07, 6.45) is 6.07. The van der Waals surface area contributed by atoms with Crippen LogP contribution in [0.3, 0.4) is 0 Å². The minimum Gasteiger partial charge on any atom is -0.324 e. The second-order valence-corrected chi connectivity index (χ2v) is 5.05. The van der Waals surface area contributed by atoms with Gasteiger partial charge in [-0.25, -0.2) is 4.98 Å². The van der Waals surface area contributed by atoms with Crippen molar-refractivity contribution in [1.29, 1.82) is 0 Å². The highest BCUT2D eigenvalue weighted by Crippen LogP contribution is 2.20. The summed E-state index contributed by atoms with van der Waals surface area (Å²) in [5.74, 6) is 0.378. The highest BCUT2D eigenvalue weighted by Gasteiger charge is 2.22. The first kappa shape index (κ1) is 12.3. The van der Waals surface area contributed by atoms with Crippen LogP contribution in [-0.4, -0.2) is 16.9 Å². The molecule has 1 aromatic heterocycles. The molecule has 0 bridgehead atoms. The Labute approximate surface area is 108 Å². The van der Waals surface area contributed by atoms with Crippen molar-refractivity contribution in [2.75, 3.05) is 5.32 Å². The van der Waals surface area contributed by atoms with Crippen molar-refractivity contribution in [3.8, 4) is 0 Å². The molecule has 1 aliphatic rings. The Bertz CT molecular complexity index is 473. The Kier molecular flexibility index (Phi) is 3.59. The van der Waals surface area contributed by atoms with E-state index in [1.165, 1.54) is 0 Å². The Balaban J connectivity index is 2.03. The fraction of sp³-hybridized carbons (Fsp3) is 0.333. The minimum atomic E-state index is -0.143. The number of nitrogens with zero attached hydrogens (tertiary/aromatic N) is 1. The molecule has 0 aromatic carbocycles. The van der Waals surface area contributed by atoms with Crippen LogP contribution in [0, 0.1) is 12.8 Å². The van der Waals surface area contributed by atoms with Gasteiger partial charge >= 0.3 is 0 Å². The van der Waals surface area contributed by atoms with E-state index in [0.717, 1.165) is 10.0 Å². The van der Waals surface area contributed by atoms with Gasteiger partial charge in [-0.15, -0.1) is 0 Å². The topological polar surface area (TPSA) is 68.0 Å². The predicted molar refractivity (Wildman–Crippen MR) is 70.5 cm³/mol. The van der Waals surface area contributed by atoms with Gasteiger partial charge in [-0.3, -0.25) is 4.79 Å². The largest absolute Gasteiger partial charge is 0.324 e. The van der Waals surface area contributed by atoms with E-state index in [2.05, 4.69) is 26.2 Å². The minimum absolute atomic E-state index is 0.00892. The van der Waals surface area contributed by atoms with Crippen LogP contribution in [0.5, 0.6) is 0 Å². The van der Waals surface area contributed by atoms with Crippen LogP contribution in [0.1, 0.15) is 12.0 Å². The van der Waals surface area contributed by atoms with E-state index in [9.17, 15) is 4.79 Å². The Morgan fingerprint density at radius 3 is 2.94 bits per heavy atom. The Morgan fingerprint density at radius 1 is 1.59 bits per heavy atom. The maximum absolute atomic E-state index is 11.9. The Morgan fingerprint density at radius 2 is 2.35 bits per heavy atom. The maximum atomic E-state index is 11.9.